The number of amides is 1. The van der Waals surface area contributed by atoms with Crippen molar-refractivity contribution in [2.75, 3.05) is 27.2 Å². The molecule has 0 saturated carbocycles. The van der Waals surface area contributed by atoms with Crippen molar-refractivity contribution in [1.29, 1.82) is 0 Å². The van der Waals surface area contributed by atoms with Crippen LogP contribution in [0.4, 0.5) is 0 Å². The molecule has 1 aliphatic rings. The fourth-order valence-corrected chi connectivity index (χ4v) is 3.41. The molecule has 0 N–H and O–H groups in total. The van der Waals surface area contributed by atoms with Crippen LogP contribution in [-0.2, 0) is 18.3 Å². The zero-order chi connectivity index (χ0) is 16.3. The number of aromatic nitrogens is 2. The molecule has 1 amide bonds. The summed E-state index contributed by atoms with van der Waals surface area (Å²) in [4.78, 5) is 16.9. The van der Waals surface area contributed by atoms with Crippen LogP contribution < -0.4 is 0 Å². The van der Waals surface area contributed by atoms with E-state index in [9.17, 15) is 4.79 Å². The number of nitrogens with zero attached hydrogens (tertiary/aromatic N) is 4. The molecule has 1 atom stereocenters. The van der Waals surface area contributed by atoms with Gasteiger partial charge in [-0.1, -0.05) is 0 Å². The van der Waals surface area contributed by atoms with E-state index < -0.39 is 0 Å². The molecule has 1 saturated heterocycles. The van der Waals surface area contributed by atoms with E-state index in [0.717, 1.165) is 38.0 Å². The van der Waals surface area contributed by atoms with E-state index in [1.807, 2.05) is 18.7 Å². The molecule has 5 heteroatoms. The molecular weight excluding hydrogens is 276 g/mol. The van der Waals surface area contributed by atoms with Crippen molar-refractivity contribution in [3.63, 3.8) is 0 Å². The van der Waals surface area contributed by atoms with Crippen LogP contribution in [0.2, 0.25) is 0 Å². The highest BCUT2D eigenvalue weighted by Crippen LogP contribution is 2.18. The second kappa shape index (κ2) is 7.27. The first-order valence-corrected chi connectivity index (χ1v) is 8.33. The van der Waals surface area contributed by atoms with Crippen LogP contribution in [0.1, 0.15) is 42.6 Å². The molecule has 1 fully saturated rings. The Morgan fingerprint density at radius 1 is 1.27 bits per heavy atom. The van der Waals surface area contributed by atoms with Gasteiger partial charge < -0.3 is 9.80 Å². The van der Waals surface area contributed by atoms with Gasteiger partial charge >= 0.3 is 0 Å². The van der Waals surface area contributed by atoms with Crippen molar-refractivity contribution in [2.24, 2.45) is 7.05 Å². The highest BCUT2D eigenvalue weighted by molar-refractivity contribution is 5.76. The fourth-order valence-electron chi connectivity index (χ4n) is 3.41. The van der Waals surface area contributed by atoms with E-state index in [2.05, 4.69) is 35.9 Å². The summed E-state index contributed by atoms with van der Waals surface area (Å²) in [6, 6.07) is 0.612. The molecule has 22 heavy (non-hydrogen) atoms. The summed E-state index contributed by atoms with van der Waals surface area (Å²) in [5, 5.41) is 4.43. The zero-order valence-corrected chi connectivity index (χ0v) is 14.7. The van der Waals surface area contributed by atoms with E-state index in [-0.39, 0.29) is 0 Å². The lowest BCUT2D eigenvalue weighted by molar-refractivity contribution is -0.131. The summed E-state index contributed by atoms with van der Waals surface area (Å²) in [7, 11) is 6.23. The summed E-state index contributed by atoms with van der Waals surface area (Å²) in [6.07, 6.45) is 4.79. The standard InChI is InChI=1S/C17H30N4O/c1-13-16(14(2)20(5)18-13)8-9-17(22)21-11-6-7-15(10-12-21)19(3)4/h15H,6-12H2,1-5H3/t15-/m1/s1. The Morgan fingerprint density at radius 2 is 2.00 bits per heavy atom. The van der Waals surface area contributed by atoms with E-state index in [1.165, 1.54) is 17.7 Å². The van der Waals surface area contributed by atoms with Gasteiger partial charge in [0.1, 0.15) is 0 Å². The predicted octanol–water partition coefficient (Wildman–Crippen LogP) is 1.91. The normalized spacial score (nSPS) is 19.5. The topological polar surface area (TPSA) is 41.4 Å². The third kappa shape index (κ3) is 3.88. The number of hydrogen-bond acceptors (Lipinski definition) is 3. The average Bonchev–Trinajstić information content (AvgIpc) is 2.67. The van der Waals surface area contributed by atoms with Gasteiger partial charge in [-0.25, -0.2) is 0 Å². The number of rotatable bonds is 4. The minimum atomic E-state index is 0.294. The summed E-state index contributed by atoms with van der Waals surface area (Å²) in [5.41, 5.74) is 3.46. The third-order valence-electron chi connectivity index (χ3n) is 5.03. The van der Waals surface area contributed by atoms with E-state index in [4.69, 9.17) is 0 Å². The Kier molecular flexibility index (Phi) is 5.62. The fraction of sp³-hybridized carbons (Fsp3) is 0.765. The second-order valence-electron chi connectivity index (χ2n) is 6.70. The van der Waals surface area contributed by atoms with E-state index >= 15 is 0 Å². The first-order valence-electron chi connectivity index (χ1n) is 8.33. The molecule has 1 aliphatic heterocycles. The van der Waals surface area contributed by atoms with Gasteiger partial charge in [0.2, 0.25) is 5.91 Å². The van der Waals surface area contributed by atoms with Crippen LogP contribution in [0.15, 0.2) is 0 Å². The molecule has 0 spiro atoms. The molecule has 0 bridgehead atoms. The highest BCUT2D eigenvalue weighted by Gasteiger charge is 2.22. The van der Waals surface area contributed by atoms with Crippen LogP contribution >= 0.6 is 0 Å². The number of likely N-dealkylation sites (tertiary alicyclic amines) is 1. The zero-order valence-electron chi connectivity index (χ0n) is 14.7. The molecule has 0 aromatic carbocycles. The maximum absolute atomic E-state index is 12.5. The van der Waals surface area contributed by atoms with Gasteiger partial charge in [0, 0.05) is 38.3 Å². The Morgan fingerprint density at radius 3 is 2.59 bits per heavy atom. The van der Waals surface area contributed by atoms with Gasteiger partial charge in [-0.05, 0) is 59.2 Å². The van der Waals surface area contributed by atoms with Gasteiger partial charge in [-0.3, -0.25) is 9.48 Å². The second-order valence-corrected chi connectivity index (χ2v) is 6.70. The van der Waals surface area contributed by atoms with Gasteiger partial charge in [-0.15, -0.1) is 0 Å². The molecule has 124 valence electrons. The molecule has 2 rings (SSSR count). The number of carbonyl (C=O) groups is 1. The molecule has 0 radical (unpaired) electrons. The maximum Gasteiger partial charge on any atom is 0.222 e. The van der Waals surface area contributed by atoms with Gasteiger partial charge in [0.05, 0.1) is 5.69 Å². The molecule has 0 aliphatic carbocycles. The predicted molar refractivity (Wildman–Crippen MR) is 88.9 cm³/mol. The summed E-state index contributed by atoms with van der Waals surface area (Å²) >= 11 is 0. The van der Waals surface area contributed by atoms with Crippen LogP contribution in [0.3, 0.4) is 0 Å². The molecule has 0 unspecified atom stereocenters. The largest absolute Gasteiger partial charge is 0.343 e. The van der Waals surface area contributed by atoms with Crippen LogP contribution in [-0.4, -0.2) is 58.7 Å². The molecule has 2 heterocycles. The van der Waals surface area contributed by atoms with Crippen molar-refractivity contribution in [1.82, 2.24) is 19.6 Å². The lowest BCUT2D eigenvalue weighted by atomic mass is 10.1. The Bertz CT molecular complexity index is 521. The average molecular weight is 306 g/mol. The summed E-state index contributed by atoms with van der Waals surface area (Å²) in [6.45, 7) is 5.91. The van der Waals surface area contributed by atoms with Crippen molar-refractivity contribution < 1.29 is 4.79 Å². The van der Waals surface area contributed by atoms with Crippen molar-refractivity contribution in [2.45, 2.75) is 52.0 Å². The SMILES string of the molecule is Cc1nn(C)c(C)c1CCC(=O)N1CCC[C@@H](N(C)C)CC1. The Hall–Kier alpha value is -1.36. The molecule has 1 aromatic heterocycles. The smallest absolute Gasteiger partial charge is 0.222 e. The van der Waals surface area contributed by atoms with Crippen molar-refractivity contribution in [3.8, 4) is 0 Å². The van der Waals surface area contributed by atoms with Crippen LogP contribution in [0.5, 0.6) is 0 Å². The first-order chi connectivity index (χ1) is 10.4. The number of aryl methyl sites for hydroxylation is 2. The quantitative estimate of drug-likeness (QED) is 0.853. The van der Waals surface area contributed by atoms with Crippen molar-refractivity contribution in [3.05, 3.63) is 17.0 Å². The molecule has 5 nitrogen and oxygen atoms in total. The lowest BCUT2D eigenvalue weighted by Crippen LogP contribution is -2.34. The summed E-state index contributed by atoms with van der Waals surface area (Å²) in [5.74, 6) is 0.294. The Balaban J connectivity index is 1.89. The molecular formula is C17H30N4O. The van der Waals surface area contributed by atoms with Crippen LogP contribution in [0.25, 0.3) is 0 Å². The van der Waals surface area contributed by atoms with Gasteiger partial charge in [-0.2, -0.15) is 5.10 Å². The minimum Gasteiger partial charge on any atom is -0.343 e. The third-order valence-corrected chi connectivity index (χ3v) is 5.03. The van der Waals surface area contributed by atoms with Crippen LogP contribution in [0, 0.1) is 13.8 Å². The number of hydrogen-bond donors (Lipinski definition) is 0. The van der Waals surface area contributed by atoms with E-state index in [0.29, 0.717) is 18.4 Å². The summed E-state index contributed by atoms with van der Waals surface area (Å²) < 4.78 is 1.91. The highest BCUT2D eigenvalue weighted by atomic mass is 16.2. The van der Waals surface area contributed by atoms with Gasteiger partial charge in [0.25, 0.3) is 0 Å². The van der Waals surface area contributed by atoms with Crippen molar-refractivity contribution >= 4 is 5.91 Å². The lowest BCUT2D eigenvalue weighted by Gasteiger charge is -2.23. The van der Waals surface area contributed by atoms with E-state index in [1.54, 1.807) is 0 Å². The monoisotopic (exact) mass is 306 g/mol. The molecule has 1 aromatic rings. The minimum absolute atomic E-state index is 0.294. The number of carbonyl (C=O) groups excluding carboxylic acids is 1. The Labute approximate surface area is 134 Å². The van der Waals surface area contributed by atoms with Gasteiger partial charge in [0.15, 0.2) is 0 Å². The first kappa shape index (κ1) is 17.0. The maximum atomic E-state index is 12.5.